The van der Waals surface area contributed by atoms with Gasteiger partial charge in [0.05, 0.1) is 0 Å². The zero-order chi connectivity index (χ0) is 11.9. The van der Waals surface area contributed by atoms with Crippen molar-refractivity contribution >= 4 is 15.9 Å². The maximum Gasteiger partial charge on any atom is 0.278 e. The van der Waals surface area contributed by atoms with E-state index in [1.54, 1.807) is 13.8 Å². The van der Waals surface area contributed by atoms with Gasteiger partial charge in [-0.05, 0) is 24.7 Å². The molecule has 0 saturated heterocycles. The molecule has 0 aromatic rings. The molecule has 0 aliphatic heterocycles. The molecule has 0 bridgehead atoms. The lowest BCUT2D eigenvalue weighted by Crippen LogP contribution is -2.53. The normalized spacial score (nSPS) is 33.4. The summed E-state index contributed by atoms with van der Waals surface area (Å²) in [4.78, 5) is 11.9. The van der Waals surface area contributed by atoms with Crippen LogP contribution in [0.25, 0.3) is 0 Å². The summed E-state index contributed by atoms with van der Waals surface area (Å²) >= 11 is 0. The van der Waals surface area contributed by atoms with Crippen molar-refractivity contribution < 1.29 is 17.8 Å². The molecule has 0 spiro atoms. The van der Waals surface area contributed by atoms with Crippen LogP contribution in [-0.2, 0) is 14.9 Å². The molecule has 1 N–H and O–H groups in total. The second-order valence-electron chi connectivity index (χ2n) is 4.79. The van der Waals surface area contributed by atoms with E-state index in [2.05, 4.69) is 0 Å². The van der Waals surface area contributed by atoms with Crippen molar-refractivity contribution in [3.05, 3.63) is 0 Å². The Hall–Kier alpha value is -0.420. The van der Waals surface area contributed by atoms with Crippen molar-refractivity contribution in [3.63, 3.8) is 0 Å². The second-order valence-corrected chi connectivity index (χ2v) is 6.47. The van der Waals surface area contributed by atoms with Gasteiger partial charge in [-0.3, -0.25) is 9.35 Å². The molecule has 2 atom stereocenters. The number of carbonyl (C=O) groups is 1. The number of hydrogen-bond acceptors (Lipinski definition) is 3. The maximum absolute atomic E-state index is 11.9. The Kier molecular flexibility index (Phi) is 3.26. The van der Waals surface area contributed by atoms with Crippen LogP contribution in [0.1, 0.15) is 40.0 Å². The smallest absolute Gasteiger partial charge is 0.278 e. The van der Waals surface area contributed by atoms with Gasteiger partial charge >= 0.3 is 0 Å². The fourth-order valence-electron chi connectivity index (χ4n) is 2.37. The van der Waals surface area contributed by atoms with Crippen LogP contribution in [0.4, 0.5) is 0 Å². The lowest BCUT2D eigenvalue weighted by molar-refractivity contribution is -0.125. The van der Waals surface area contributed by atoms with E-state index in [1.807, 2.05) is 6.92 Å². The Morgan fingerprint density at radius 2 is 2.00 bits per heavy atom. The number of rotatable bonds is 2. The minimum atomic E-state index is -4.31. The quantitative estimate of drug-likeness (QED) is 0.737. The monoisotopic (exact) mass is 234 g/mol. The molecule has 1 aliphatic rings. The van der Waals surface area contributed by atoms with E-state index in [4.69, 9.17) is 0 Å². The largest absolute Gasteiger partial charge is 0.298 e. The first-order chi connectivity index (χ1) is 6.72. The molecule has 0 amide bonds. The number of Topliss-reactive ketones (excluding diaryl/α,β-unsaturated/α-hetero) is 1. The summed E-state index contributed by atoms with van der Waals surface area (Å²) in [6.07, 6.45) is 1.16. The summed E-state index contributed by atoms with van der Waals surface area (Å²) in [5.41, 5.74) is 0. The van der Waals surface area contributed by atoms with Crippen LogP contribution in [-0.4, -0.2) is 23.5 Å². The van der Waals surface area contributed by atoms with Crippen molar-refractivity contribution in [3.8, 4) is 0 Å². The molecule has 0 radical (unpaired) electrons. The van der Waals surface area contributed by atoms with E-state index in [9.17, 15) is 17.8 Å². The number of hydrogen-bond donors (Lipinski definition) is 1. The second kappa shape index (κ2) is 3.87. The predicted molar refractivity (Wildman–Crippen MR) is 57.1 cm³/mol. The summed E-state index contributed by atoms with van der Waals surface area (Å²) in [6, 6.07) is 0. The summed E-state index contributed by atoms with van der Waals surface area (Å²) in [6.45, 7) is 5.26. The van der Waals surface area contributed by atoms with Gasteiger partial charge in [-0.2, -0.15) is 8.42 Å². The van der Waals surface area contributed by atoms with Crippen molar-refractivity contribution in [2.45, 2.75) is 44.8 Å². The van der Waals surface area contributed by atoms with E-state index in [0.29, 0.717) is 6.42 Å². The predicted octanol–water partition coefficient (Wildman–Crippen LogP) is 1.66. The van der Waals surface area contributed by atoms with Crippen molar-refractivity contribution in [2.24, 2.45) is 11.8 Å². The molecule has 2 unspecified atom stereocenters. The van der Waals surface area contributed by atoms with Crippen LogP contribution in [0, 0.1) is 11.8 Å². The van der Waals surface area contributed by atoms with Gasteiger partial charge in [-0.25, -0.2) is 0 Å². The molecule has 1 saturated carbocycles. The molecule has 15 heavy (non-hydrogen) atoms. The molecular formula is C10H18O4S. The van der Waals surface area contributed by atoms with Gasteiger partial charge in [0.15, 0.2) is 10.5 Å². The van der Waals surface area contributed by atoms with E-state index >= 15 is 0 Å². The average molecular weight is 234 g/mol. The van der Waals surface area contributed by atoms with Gasteiger partial charge in [0.25, 0.3) is 10.1 Å². The van der Waals surface area contributed by atoms with Crippen molar-refractivity contribution in [2.75, 3.05) is 0 Å². The number of carbonyl (C=O) groups excluding carboxylic acids is 1. The standard InChI is InChI=1S/C10H18O4S/c1-7(2)10(15(12,13)14)5-4-8(3)6-9(10)11/h7-8H,4-6H2,1-3H3,(H,12,13,14). The average Bonchev–Trinajstić information content (AvgIpc) is 2.00. The first-order valence-corrected chi connectivity index (χ1v) is 6.66. The van der Waals surface area contributed by atoms with Crippen molar-refractivity contribution in [1.82, 2.24) is 0 Å². The van der Waals surface area contributed by atoms with Crippen LogP contribution in [0.2, 0.25) is 0 Å². The van der Waals surface area contributed by atoms with Crippen LogP contribution in [0.15, 0.2) is 0 Å². The Labute approximate surface area is 90.8 Å². The summed E-state index contributed by atoms with van der Waals surface area (Å²) in [5.74, 6) is -0.502. The highest BCUT2D eigenvalue weighted by molar-refractivity contribution is 7.88. The van der Waals surface area contributed by atoms with E-state index in [1.165, 1.54) is 0 Å². The molecule has 5 heteroatoms. The molecule has 0 aromatic heterocycles. The van der Waals surface area contributed by atoms with Crippen LogP contribution in [0.3, 0.4) is 0 Å². The van der Waals surface area contributed by atoms with E-state index < -0.39 is 14.9 Å². The minimum absolute atomic E-state index is 0.214. The van der Waals surface area contributed by atoms with Gasteiger partial charge < -0.3 is 0 Å². The van der Waals surface area contributed by atoms with Gasteiger partial charge in [0, 0.05) is 6.42 Å². The van der Waals surface area contributed by atoms with Gasteiger partial charge in [0.2, 0.25) is 0 Å². The Morgan fingerprint density at radius 1 is 1.47 bits per heavy atom. The molecule has 0 aromatic carbocycles. The van der Waals surface area contributed by atoms with Gasteiger partial charge in [-0.1, -0.05) is 20.8 Å². The highest BCUT2D eigenvalue weighted by Crippen LogP contribution is 2.39. The first-order valence-electron chi connectivity index (χ1n) is 5.22. The highest BCUT2D eigenvalue weighted by Gasteiger charge is 2.53. The molecule has 0 heterocycles. The third-order valence-corrected chi connectivity index (χ3v) is 5.23. The van der Waals surface area contributed by atoms with E-state index in [-0.39, 0.29) is 30.5 Å². The summed E-state index contributed by atoms with van der Waals surface area (Å²) in [5, 5.41) is 0. The third-order valence-electron chi connectivity index (χ3n) is 3.41. The Morgan fingerprint density at radius 3 is 2.33 bits per heavy atom. The molecule has 1 rings (SSSR count). The van der Waals surface area contributed by atoms with E-state index in [0.717, 1.165) is 0 Å². The summed E-state index contributed by atoms with van der Waals surface area (Å²) < 4.78 is 30.5. The first kappa shape index (κ1) is 12.6. The van der Waals surface area contributed by atoms with Gasteiger partial charge in [-0.15, -0.1) is 0 Å². The lowest BCUT2D eigenvalue weighted by Gasteiger charge is -2.38. The summed E-state index contributed by atoms with van der Waals surface area (Å²) in [7, 11) is -4.31. The maximum atomic E-state index is 11.9. The molecule has 1 aliphatic carbocycles. The van der Waals surface area contributed by atoms with Crippen molar-refractivity contribution in [1.29, 1.82) is 0 Å². The van der Waals surface area contributed by atoms with Gasteiger partial charge in [0.1, 0.15) is 0 Å². The Bertz CT molecular complexity index is 358. The molecular weight excluding hydrogens is 216 g/mol. The molecule has 4 nitrogen and oxygen atoms in total. The zero-order valence-electron chi connectivity index (χ0n) is 9.36. The fraction of sp³-hybridized carbons (Fsp3) is 0.900. The van der Waals surface area contributed by atoms with Crippen LogP contribution in [0.5, 0.6) is 0 Å². The number of ketones is 1. The highest BCUT2D eigenvalue weighted by atomic mass is 32.2. The van der Waals surface area contributed by atoms with Crippen LogP contribution < -0.4 is 0 Å². The third kappa shape index (κ3) is 1.95. The molecule has 88 valence electrons. The Balaban J connectivity index is 3.19. The lowest BCUT2D eigenvalue weighted by atomic mass is 9.76. The topological polar surface area (TPSA) is 71.4 Å². The SMILES string of the molecule is CC1CCC(C(C)C)(S(=O)(=O)O)C(=O)C1. The minimum Gasteiger partial charge on any atom is -0.298 e. The fourth-order valence-corrected chi connectivity index (χ4v) is 3.72. The van der Waals surface area contributed by atoms with Crippen LogP contribution >= 0.6 is 0 Å². The molecule has 1 fully saturated rings. The zero-order valence-corrected chi connectivity index (χ0v) is 10.2.